The van der Waals surface area contributed by atoms with Crippen LogP contribution in [0.15, 0.2) is 18.2 Å². The number of benzene rings is 1. The standard InChI is InChI=1S/C12H13FN4O2/c1-7-15-16-11(17(7)2)6-19-12(18)9-4-3-8(14)5-10(9)13/h3-5H,6,14H2,1-2H3. The molecule has 100 valence electrons. The third-order valence-corrected chi connectivity index (χ3v) is 2.73. The van der Waals surface area contributed by atoms with Crippen molar-refractivity contribution >= 4 is 11.7 Å². The van der Waals surface area contributed by atoms with Gasteiger partial charge in [-0.05, 0) is 25.1 Å². The fourth-order valence-electron chi connectivity index (χ4n) is 1.48. The molecule has 2 aromatic rings. The Kier molecular flexibility index (Phi) is 3.46. The molecule has 1 aromatic carbocycles. The van der Waals surface area contributed by atoms with Gasteiger partial charge in [0.25, 0.3) is 0 Å². The van der Waals surface area contributed by atoms with E-state index in [1.165, 1.54) is 12.1 Å². The topological polar surface area (TPSA) is 83.0 Å². The SMILES string of the molecule is Cc1nnc(COC(=O)c2ccc(N)cc2F)n1C. The number of ether oxygens (including phenoxy) is 1. The van der Waals surface area contributed by atoms with Crippen LogP contribution in [0.2, 0.25) is 0 Å². The summed E-state index contributed by atoms with van der Waals surface area (Å²) in [7, 11) is 1.75. The van der Waals surface area contributed by atoms with Gasteiger partial charge in [-0.15, -0.1) is 10.2 Å². The number of carbonyl (C=O) groups excluding carboxylic acids is 1. The van der Waals surface area contributed by atoms with E-state index in [9.17, 15) is 9.18 Å². The molecule has 0 aliphatic carbocycles. The van der Waals surface area contributed by atoms with Gasteiger partial charge in [0.2, 0.25) is 0 Å². The van der Waals surface area contributed by atoms with Crippen molar-refractivity contribution in [2.75, 3.05) is 5.73 Å². The fourth-order valence-corrected chi connectivity index (χ4v) is 1.48. The van der Waals surface area contributed by atoms with Gasteiger partial charge in [0.15, 0.2) is 12.4 Å². The van der Waals surface area contributed by atoms with Crippen molar-refractivity contribution in [2.24, 2.45) is 7.05 Å². The summed E-state index contributed by atoms with van der Waals surface area (Å²) in [5, 5.41) is 7.67. The van der Waals surface area contributed by atoms with Gasteiger partial charge < -0.3 is 15.0 Å². The van der Waals surface area contributed by atoms with Crippen LogP contribution in [-0.2, 0) is 18.4 Å². The van der Waals surface area contributed by atoms with Crippen LogP contribution < -0.4 is 5.73 Å². The smallest absolute Gasteiger partial charge is 0.341 e. The van der Waals surface area contributed by atoms with Crippen LogP contribution in [0, 0.1) is 12.7 Å². The molecule has 1 heterocycles. The average Bonchev–Trinajstić information content (AvgIpc) is 2.67. The van der Waals surface area contributed by atoms with Gasteiger partial charge in [-0.3, -0.25) is 0 Å². The van der Waals surface area contributed by atoms with Crippen LogP contribution in [0.25, 0.3) is 0 Å². The molecule has 0 spiro atoms. The molecule has 0 saturated heterocycles. The molecule has 0 radical (unpaired) electrons. The van der Waals surface area contributed by atoms with Crippen LogP contribution in [0.1, 0.15) is 22.0 Å². The Bertz CT molecular complexity index is 624. The zero-order valence-electron chi connectivity index (χ0n) is 10.6. The van der Waals surface area contributed by atoms with Crippen LogP contribution >= 0.6 is 0 Å². The number of esters is 1. The van der Waals surface area contributed by atoms with E-state index >= 15 is 0 Å². The van der Waals surface area contributed by atoms with Crippen LogP contribution in [0.3, 0.4) is 0 Å². The van der Waals surface area contributed by atoms with Crippen molar-refractivity contribution in [3.63, 3.8) is 0 Å². The first kappa shape index (κ1) is 13.0. The number of nitrogen functional groups attached to an aromatic ring is 1. The molecule has 0 aliphatic heterocycles. The number of halogens is 1. The maximum Gasteiger partial charge on any atom is 0.341 e. The highest BCUT2D eigenvalue weighted by atomic mass is 19.1. The van der Waals surface area contributed by atoms with Gasteiger partial charge >= 0.3 is 5.97 Å². The number of carbonyl (C=O) groups is 1. The van der Waals surface area contributed by atoms with E-state index in [2.05, 4.69) is 10.2 Å². The largest absolute Gasteiger partial charge is 0.454 e. The van der Waals surface area contributed by atoms with Crippen LogP contribution in [0.4, 0.5) is 10.1 Å². The quantitative estimate of drug-likeness (QED) is 0.665. The normalized spacial score (nSPS) is 10.5. The Labute approximate surface area is 109 Å². The van der Waals surface area contributed by atoms with Gasteiger partial charge in [-0.2, -0.15) is 0 Å². The molecule has 0 bridgehead atoms. The summed E-state index contributed by atoms with van der Waals surface area (Å²) >= 11 is 0. The Hall–Kier alpha value is -2.44. The minimum absolute atomic E-state index is 0.0695. The summed E-state index contributed by atoms with van der Waals surface area (Å²) in [5.41, 5.74) is 5.49. The zero-order chi connectivity index (χ0) is 14.0. The Morgan fingerprint density at radius 1 is 1.47 bits per heavy atom. The van der Waals surface area contributed by atoms with Crippen LogP contribution in [0.5, 0.6) is 0 Å². The number of aromatic nitrogens is 3. The molecule has 0 unspecified atom stereocenters. The lowest BCUT2D eigenvalue weighted by molar-refractivity contribution is 0.0453. The highest BCUT2D eigenvalue weighted by molar-refractivity contribution is 5.90. The van der Waals surface area contributed by atoms with E-state index in [0.717, 1.165) is 6.07 Å². The summed E-state index contributed by atoms with van der Waals surface area (Å²) in [5.74, 6) is -0.288. The molecule has 2 rings (SSSR count). The van der Waals surface area contributed by atoms with Crippen molar-refractivity contribution in [1.29, 1.82) is 0 Å². The number of hydrogen-bond donors (Lipinski definition) is 1. The summed E-state index contributed by atoms with van der Waals surface area (Å²) in [6.07, 6.45) is 0. The second kappa shape index (κ2) is 5.05. The fraction of sp³-hybridized carbons (Fsp3) is 0.250. The first-order chi connectivity index (χ1) is 8.99. The predicted octanol–water partition coefficient (Wildman–Crippen LogP) is 1.20. The lowest BCUT2D eigenvalue weighted by Crippen LogP contribution is -2.10. The van der Waals surface area contributed by atoms with Crippen molar-refractivity contribution in [1.82, 2.24) is 14.8 Å². The molecule has 2 N–H and O–H groups in total. The molecule has 0 atom stereocenters. The number of aryl methyl sites for hydroxylation is 1. The average molecular weight is 264 g/mol. The highest BCUT2D eigenvalue weighted by Gasteiger charge is 2.15. The molecule has 19 heavy (non-hydrogen) atoms. The third-order valence-electron chi connectivity index (χ3n) is 2.73. The number of hydrogen-bond acceptors (Lipinski definition) is 5. The minimum atomic E-state index is -0.766. The summed E-state index contributed by atoms with van der Waals surface area (Å²) in [6, 6.07) is 3.80. The molecular formula is C12H13FN4O2. The number of anilines is 1. The Balaban J connectivity index is 2.07. The molecule has 0 saturated carbocycles. The van der Waals surface area contributed by atoms with E-state index in [0.29, 0.717) is 11.6 Å². The van der Waals surface area contributed by atoms with Crippen LogP contribution in [-0.4, -0.2) is 20.7 Å². The predicted molar refractivity (Wildman–Crippen MR) is 65.7 cm³/mol. The molecule has 0 amide bonds. The number of nitrogens with two attached hydrogens (primary N) is 1. The molecule has 1 aromatic heterocycles. The Morgan fingerprint density at radius 3 is 2.79 bits per heavy atom. The summed E-state index contributed by atoms with van der Waals surface area (Å²) < 4.78 is 20.2. The van der Waals surface area contributed by atoms with Crippen molar-refractivity contribution in [3.05, 3.63) is 41.2 Å². The molecular weight excluding hydrogens is 251 g/mol. The maximum atomic E-state index is 13.5. The molecule has 0 aliphatic rings. The zero-order valence-corrected chi connectivity index (χ0v) is 10.6. The van der Waals surface area contributed by atoms with Crippen molar-refractivity contribution in [2.45, 2.75) is 13.5 Å². The second-order valence-electron chi connectivity index (χ2n) is 4.04. The van der Waals surface area contributed by atoms with E-state index in [1.54, 1.807) is 18.5 Å². The highest BCUT2D eigenvalue weighted by Crippen LogP contribution is 2.13. The van der Waals surface area contributed by atoms with E-state index < -0.39 is 11.8 Å². The molecule has 0 fully saturated rings. The van der Waals surface area contributed by atoms with Crippen molar-refractivity contribution < 1.29 is 13.9 Å². The van der Waals surface area contributed by atoms with Crippen molar-refractivity contribution in [3.8, 4) is 0 Å². The summed E-state index contributed by atoms with van der Waals surface area (Å²) in [6.45, 7) is 1.71. The van der Waals surface area contributed by atoms with Gasteiger partial charge in [0, 0.05) is 12.7 Å². The maximum absolute atomic E-state index is 13.5. The van der Waals surface area contributed by atoms with Gasteiger partial charge in [-0.1, -0.05) is 0 Å². The molecule has 7 heteroatoms. The molecule has 6 nitrogen and oxygen atoms in total. The number of nitrogens with zero attached hydrogens (tertiary/aromatic N) is 3. The van der Waals surface area contributed by atoms with E-state index in [1.807, 2.05) is 0 Å². The van der Waals surface area contributed by atoms with Gasteiger partial charge in [0.1, 0.15) is 11.6 Å². The second-order valence-corrected chi connectivity index (χ2v) is 4.04. The lowest BCUT2D eigenvalue weighted by atomic mass is 10.2. The Morgan fingerprint density at radius 2 is 2.21 bits per heavy atom. The lowest BCUT2D eigenvalue weighted by Gasteiger charge is -2.06. The van der Waals surface area contributed by atoms with Gasteiger partial charge in [0.05, 0.1) is 5.56 Å². The number of rotatable bonds is 3. The minimum Gasteiger partial charge on any atom is -0.454 e. The van der Waals surface area contributed by atoms with E-state index in [4.69, 9.17) is 10.5 Å². The van der Waals surface area contributed by atoms with Gasteiger partial charge in [-0.25, -0.2) is 9.18 Å². The monoisotopic (exact) mass is 264 g/mol. The first-order valence-corrected chi connectivity index (χ1v) is 5.56. The third kappa shape index (κ3) is 2.70. The van der Waals surface area contributed by atoms with E-state index in [-0.39, 0.29) is 17.9 Å². The first-order valence-electron chi connectivity index (χ1n) is 5.56. The summed E-state index contributed by atoms with van der Waals surface area (Å²) in [4.78, 5) is 11.7.